The first-order valence-corrected chi connectivity index (χ1v) is 10.9. The highest BCUT2D eigenvalue weighted by Gasteiger charge is 2.28. The Morgan fingerprint density at radius 2 is 1.75 bits per heavy atom. The molecule has 0 atom stereocenters. The Morgan fingerprint density at radius 3 is 2.31 bits per heavy atom. The zero-order valence-corrected chi connectivity index (χ0v) is 20.0. The van der Waals surface area contributed by atoms with Gasteiger partial charge in [0, 0.05) is 35.0 Å². The number of phenolic OH excluding ortho intramolecular Hbond substituents is 1. The highest BCUT2D eigenvalue weighted by molar-refractivity contribution is 6.30. The number of phenols is 1. The number of benzene rings is 2. The largest absolute Gasteiger partial charge is 0.508 e. The fourth-order valence-electron chi connectivity index (χ4n) is 3.62. The number of hydrogen-bond acceptors (Lipinski definition) is 4. The van der Waals surface area contributed by atoms with E-state index in [1.54, 1.807) is 56.7 Å². The van der Waals surface area contributed by atoms with E-state index in [-0.39, 0.29) is 17.2 Å². The van der Waals surface area contributed by atoms with Gasteiger partial charge in [0.2, 0.25) is 0 Å². The second-order valence-corrected chi connectivity index (χ2v) is 9.72. The number of carbonyl (C=O) groups is 1. The van der Waals surface area contributed by atoms with E-state index in [0.29, 0.717) is 33.7 Å². The smallest absolute Gasteiger partial charge is 0.415 e. The van der Waals surface area contributed by atoms with E-state index in [0.717, 1.165) is 5.56 Å². The van der Waals surface area contributed by atoms with Gasteiger partial charge in [-0.25, -0.2) is 4.79 Å². The number of hydrogen-bond donors (Lipinski definition) is 1. The van der Waals surface area contributed by atoms with Crippen LogP contribution in [0, 0.1) is 5.92 Å². The Labute approximate surface area is 193 Å². The summed E-state index contributed by atoms with van der Waals surface area (Å²) >= 11 is 6.11. The van der Waals surface area contributed by atoms with Gasteiger partial charge in [-0.05, 0) is 62.6 Å². The lowest BCUT2D eigenvalue weighted by molar-refractivity contribution is 0.0587. The van der Waals surface area contributed by atoms with Gasteiger partial charge in [-0.15, -0.1) is 0 Å². The van der Waals surface area contributed by atoms with E-state index >= 15 is 0 Å². The molecule has 7 heteroatoms. The van der Waals surface area contributed by atoms with Gasteiger partial charge in [0.15, 0.2) is 0 Å². The van der Waals surface area contributed by atoms with E-state index in [4.69, 9.17) is 16.3 Å². The summed E-state index contributed by atoms with van der Waals surface area (Å²) in [5, 5.41) is 11.8. The number of anilines is 1. The van der Waals surface area contributed by atoms with Crippen LogP contribution in [0.25, 0.3) is 21.9 Å². The van der Waals surface area contributed by atoms with Gasteiger partial charge in [0.25, 0.3) is 5.56 Å². The summed E-state index contributed by atoms with van der Waals surface area (Å²) in [6.45, 7) is 9.79. The van der Waals surface area contributed by atoms with Crippen LogP contribution in [0.3, 0.4) is 0 Å². The summed E-state index contributed by atoms with van der Waals surface area (Å²) in [6.07, 6.45) is -0.580. The van der Waals surface area contributed by atoms with Crippen LogP contribution in [0.4, 0.5) is 10.6 Å². The molecule has 6 nitrogen and oxygen atoms in total. The first-order chi connectivity index (χ1) is 14.9. The van der Waals surface area contributed by atoms with Crippen LogP contribution in [-0.4, -0.2) is 28.4 Å². The number of pyridine rings is 1. The van der Waals surface area contributed by atoms with Gasteiger partial charge in [-0.2, -0.15) is 0 Å². The topological polar surface area (TPSA) is 71.8 Å². The van der Waals surface area contributed by atoms with Crippen molar-refractivity contribution in [2.75, 3.05) is 11.9 Å². The summed E-state index contributed by atoms with van der Waals surface area (Å²) in [5.41, 5.74) is 0.454. The van der Waals surface area contributed by atoms with Crippen molar-refractivity contribution in [3.8, 4) is 16.9 Å². The molecule has 3 aromatic rings. The molecule has 0 spiro atoms. The SMILES string of the molecule is CC(C)Cn1c(N(C)C(=O)OC(C)(C)C)c(-c2ccc(Cl)cc2)c2cc(O)ccc2c1=O. The number of aromatic nitrogens is 1. The van der Waals surface area contributed by atoms with E-state index in [2.05, 4.69) is 0 Å². The third kappa shape index (κ3) is 4.91. The number of nitrogens with zero attached hydrogens (tertiary/aromatic N) is 2. The minimum Gasteiger partial charge on any atom is -0.508 e. The van der Waals surface area contributed by atoms with Crippen LogP contribution >= 0.6 is 11.6 Å². The first-order valence-electron chi connectivity index (χ1n) is 10.5. The van der Waals surface area contributed by atoms with Crippen LogP contribution in [-0.2, 0) is 11.3 Å². The van der Waals surface area contributed by atoms with E-state index in [1.165, 1.54) is 11.0 Å². The molecular weight excluding hydrogens is 428 g/mol. The molecule has 1 aromatic heterocycles. The zero-order chi connectivity index (χ0) is 23.8. The molecule has 0 bridgehead atoms. The van der Waals surface area contributed by atoms with Crippen LogP contribution in [0.15, 0.2) is 47.3 Å². The number of rotatable bonds is 4. The molecule has 3 rings (SSSR count). The van der Waals surface area contributed by atoms with Gasteiger partial charge >= 0.3 is 6.09 Å². The molecule has 1 heterocycles. The number of halogens is 1. The van der Waals surface area contributed by atoms with Crippen molar-refractivity contribution in [2.45, 2.75) is 46.8 Å². The Kier molecular flexibility index (Phi) is 6.56. The third-order valence-corrected chi connectivity index (χ3v) is 5.14. The molecule has 0 aliphatic rings. The molecule has 0 unspecified atom stereocenters. The average Bonchev–Trinajstić information content (AvgIpc) is 2.68. The lowest BCUT2D eigenvalue weighted by Crippen LogP contribution is -2.38. The molecule has 0 radical (unpaired) electrons. The van der Waals surface area contributed by atoms with Crippen molar-refractivity contribution >= 4 is 34.3 Å². The first kappa shape index (κ1) is 23.7. The second kappa shape index (κ2) is 8.87. The van der Waals surface area contributed by atoms with Crippen molar-refractivity contribution in [3.63, 3.8) is 0 Å². The van der Waals surface area contributed by atoms with E-state index in [1.807, 2.05) is 26.0 Å². The van der Waals surface area contributed by atoms with Crippen molar-refractivity contribution in [1.29, 1.82) is 0 Å². The standard InChI is InChI=1S/C25H29ClN2O4/c1-15(2)14-28-22(27(6)24(31)32-25(3,4)5)21(16-7-9-17(26)10-8-16)20-13-18(29)11-12-19(20)23(28)30/h7-13,15,29H,14H2,1-6H3. The number of amides is 1. The summed E-state index contributed by atoms with van der Waals surface area (Å²) < 4.78 is 7.21. The van der Waals surface area contributed by atoms with Gasteiger partial charge in [0.05, 0.1) is 0 Å². The zero-order valence-electron chi connectivity index (χ0n) is 19.3. The molecular formula is C25H29ClN2O4. The van der Waals surface area contributed by atoms with Gasteiger partial charge in [-0.1, -0.05) is 37.6 Å². The molecule has 0 aliphatic carbocycles. The van der Waals surface area contributed by atoms with Crippen molar-refractivity contribution in [2.24, 2.45) is 5.92 Å². The predicted molar refractivity (Wildman–Crippen MR) is 130 cm³/mol. The fraction of sp³-hybridized carbons (Fsp3) is 0.360. The number of ether oxygens (including phenoxy) is 1. The maximum atomic E-state index is 13.5. The Hall–Kier alpha value is -2.99. The Morgan fingerprint density at radius 1 is 1.12 bits per heavy atom. The molecule has 1 amide bonds. The number of carbonyl (C=O) groups excluding carboxylic acids is 1. The summed E-state index contributed by atoms with van der Waals surface area (Å²) in [4.78, 5) is 28.0. The fourth-order valence-corrected chi connectivity index (χ4v) is 3.75. The third-order valence-electron chi connectivity index (χ3n) is 4.89. The second-order valence-electron chi connectivity index (χ2n) is 9.28. The highest BCUT2D eigenvalue weighted by Crippen LogP contribution is 2.38. The summed E-state index contributed by atoms with van der Waals surface area (Å²) in [5.74, 6) is 0.573. The summed E-state index contributed by atoms with van der Waals surface area (Å²) in [7, 11) is 1.59. The van der Waals surface area contributed by atoms with Gasteiger partial charge in [0.1, 0.15) is 17.2 Å². The van der Waals surface area contributed by atoms with E-state index in [9.17, 15) is 14.7 Å². The van der Waals surface area contributed by atoms with Crippen molar-refractivity contribution in [3.05, 3.63) is 57.8 Å². The molecule has 0 aliphatic heterocycles. The minimum atomic E-state index is -0.704. The van der Waals surface area contributed by atoms with Gasteiger partial charge < -0.3 is 9.84 Å². The van der Waals surface area contributed by atoms with Crippen LogP contribution < -0.4 is 10.5 Å². The average molecular weight is 457 g/mol. The van der Waals surface area contributed by atoms with Crippen LogP contribution in [0.5, 0.6) is 5.75 Å². The van der Waals surface area contributed by atoms with Crippen LogP contribution in [0.2, 0.25) is 5.02 Å². The molecule has 1 N–H and O–H groups in total. The van der Waals surface area contributed by atoms with Gasteiger partial charge in [-0.3, -0.25) is 14.3 Å². The molecule has 170 valence electrons. The number of aromatic hydroxyl groups is 1. The Balaban J connectivity index is 2.44. The normalized spacial score (nSPS) is 11.8. The summed E-state index contributed by atoms with van der Waals surface area (Å²) in [6, 6.07) is 11.8. The van der Waals surface area contributed by atoms with Crippen molar-refractivity contribution < 1.29 is 14.6 Å². The Bertz CT molecular complexity index is 1210. The van der Waals surface area contributed by atoms with E-state index < -0.39 is 11.7 Å². The maximum Gasteiger partial charge on any atom is 0.415 e. The maximum absolute atomic E-state index is 13.5. The highest BCUT2D eigenvalue weighted by atomic mass is 35.5. The monoisotopic (exact) mass is 456 g/mol. The minimum absolute atomic E-state index is 0.0274. The molecule has 0 fully saturated rings. The number of fused-ring (bicyclic) bond motifs is 1. The molecule has 32 heavy (non-hydrogen) atoms. The van der Waals surface area contributed by atoms with Crippen LogP contribution in [0.1, 0.15) is 34.6 Å². The molecule has 0 saturated carbocycles. The predicted octanol–water partition coefficient (Wildman–Crippen LogP) is 6.05. The lowest BCUT2D eigenvalue weighted by Gasteiger charge is -2.29. The molecule has 0 saturated heterocycles. The van der Waals surface area contributed by atoms with Crippen molar-refractivity contribution in [1.82, 2.24) is 4.57 Å². The lowest BCUT2D eigenvalue weighted by atomic mass is 9.98. The quantitative estimate of drug-likeness (QED) is 0.518. The molecule has 2 aromatic carbocycles.